The van der Waals surface area contributed by atoms with Crippen LogP contribution in [0.15, 0.2) is 23.3 Å². The Morgan fingerprint density at radius 1 is 0.926 bits per heavy atom. The lowest BCUT2D eigenvalue weighted by atomic mass is 10.1. The molecule has 1 aromatic carbocycles. The van der Waals surface area contributed by atoms with E-state index in [2.05, 4.69) is 26.5 Å². The maximum absolute atomic E-state index is 11.0. The van der Waals surface area contributed by atoms with E-state index in [0.717, 1.165) is 30.7 Å². The molecule has 0 amide bonds. The Balaban J connectivity index is 2.20. The fraction of sp³-hybridized carbons (Fsp3) is 0.611. The van der Waals surface area contributed by atoms with Crippen LogP contribution >= 0.6 is 15.9 Å². The summed E-state index contributed by atoms with van der Waals surface area (Å²) >= 11 is 3.44. The molecule has 1 aromatic rings. The summed E-state index contributed by atoms with van der Waals surface area (Å²) < 4.78 is 0. The predicted octanol–water partition coefficient (Wildman–Crippen LogP) is 6.20. The zero-order valence-corrected chi connectivity index (χ0v) is 17.0. The molecular weight excluding hydrogens is 416 g/mol. The zero-order valence-electron chi connectivity index (χ0n) is 15.4. The van der Waals surface area contributed by atoms with E-state index >= 15 is 0 Å². The Labute approximate surface area is 167 Å². The largest absolute Gasteiger partial charge is 0.301 e. The minimum absolute atomic E-state index is 0.141. The summed E-state index contributed by atoms with van der Waals surface area (Å²) in [6.07, 6.45) is 13.6. The predicted molar refractivity (Wildman–Crippen MR) is 112 cm³/mol. The SMILES string of the molecule is O=[N+]([O-])c1ccc(N/N=C/CCCCCCCCCCCBr)c([N+](=O)[O-])c1. The molecule has 0 aliphatic carbocycles. The van der Waals surface area contributed by atoms with Gasteiger partial charge in [-0.15, -0.1) is 0 Å². The highest BCUT2D eigenvalue weighted by atomic mass is 79.9. The third-order valence-corrected chi connectivity index (χ3v) is 4.69. The maximum atomic E-state index is 11.0. The average Bonchev–Trinajstić information content (AvgIpc) is 2.65. The minimum Gasteiger partial charge on any atom is -0.272 e. The van der Waals surface area contributed by atoms with E-state index < -0.39 is 9.85 Å². The number of alkyl halides is 1. The van der Waals surface area contributed by atoms with Crippen molar-refractivity contribution in [1.29, 1.82) is 0 Å². The second-order valence-corrected chi connectivity index (χ2v) is 7.09. The summed E-state index contributed by atoms with van der Waals surface area (Å²) in [5, 5.41) is 26.8. The highest BCUT2D eigenvalue weighted by Gasteiger charge is 2.18. The first-order chi connectivity index (χ1) is 13.1. The van der Waals surface area contributed by atoms with Crippen LogP contribution in [0.25, 0.3) is 0 Å². The lowest BCUT2D eigenvalue weighted by Crippen LogP contribution is -1.98. The molecule has 150 valence electrons. The van der Waals surface area contributed by atoms with Gasteiger partial charge in [0.05, 0.1) is 15.9 Å². The first-order valence-electron chi connectivity index (χ1n) is 9.32. The molecule has 0 bridgehead atoms. The van der Waals surface area contributed by atoms with Crippen LogP contribution in [0.2, 0.25) is 0 Å². The highest BCUT2D eigenvalue weighted by molar-refractivity contribution is 9.09. The number of unbranched alkanes of at least 4 members (excludes halogenated alkanes) is 9. The van der Waals surface area contributed by atoms with Gasteiger partial charge < -0.3 is 0 Å². The molecule has 27 heavy (non-hydrogen) atoms. The van der Waals surface area contributed by atoms with Gasteiger partial charge in [0.15, 0.2) is 0 Å². The fourth-order valence-corrected chi connectivity index (χ4v) is 3.02. The van der Waals surface area contributed by atoms with Crippen LogP contribution in [0.4, 0.5) is 17.1 Å². The van der Waals surface area contributed by atoms with Gasteiger partial charge in [-0.1, -0.05) is 60.9 Å². The van der Waals surface area contributed by atoms with Crippen LogP contribution in [-0.2, 0) is 0 Å². The van der Waals surface area contributed by atoms with Crippen LogP contribution in [0.1, 0.15) is 64.2 Å². The Kier molecular flexibility index (Phi) is 12.0. The molecule has 0 fully saturated rings. The van der Waals surface area contributed by atoms with Crippen molar-refractivity contribution in [2.24, 2.45) is 5.10 Å². The molecule has 9 heteroatoms. The van der Waals surface area contributed by atoms with Crippen molar-refractivity contribution in [2.45, 2.75) is 64.2 Å². The Morgan fingerprint density at radius 2 is 1.52 bits per heavy atom. The van der Waals surface area contributed by atoms with E-state index in [9.17, 15) is 20.2 Å². The molecule has 0 aliphatic rings. The van der Waals surface area contributed by atoms with Gasteiger partial charge in [-0.05, 0) is 25.3 Å². The molecule has 0 radical (unpaired) electrons. The summed E-state index contributed by atoms with van der Waals surface area (Å²) in [5.74, 6) is 0. The molecule has 0 aromatic heterocycles. The van der Waals surface area contributed by atoms with Crippen molar-refractivity contribution >= 4 is 39.2 Å². The monoisotopic (exact) mass is 442 g/mol. The van der Waals surface area contributed by atoms with Crippen molar-refractivity contribution < 1.29 is 9.85 Å². The number of anilines is 1. The third kappa shape index (κ3) is 10.0. The summed E-state index contributed by atoms with van der Waals surface area (Å²) in [4.78, 5) is 20.4. The van der Waals surface area contributed by atoms with Crippen LogP contribution in [0.5, 0.6) is 0 Å². The van der Waals surface area contributed by atoms with Crippen LogP contribution in [0.3, 0.4) is 0 Å². The molecule has 0 aliphatic heterocycles. The number of benzene rings is 1. The van der Waals surface area contributed by atoms with Crippen molar-refractivity contribution in [2.75, 3.05) is 10.8 Å². The summed E-state index contributed by atoms with van der Waals surface area (Å²) in [5.41, 5.74) is 2.06. The molecule has 1 N–H and O–H groups in total. The number of nitrogens with one attached hydrogen (secondary N) is 1. The van der Waals surface area contributed by atoms with Crippen molar-refractivity contribution in [3.63, 3.8) is 0 Å². The van der Waals surface area contributed by atoms with Crippen molar-refractivity contribution in [1.82, 2.24) is 0 Å². The number of nitrogens with zero attached hydrogens (tertiary/aromatic N) is 3. The Bertz CT molecular complexity index is 625. The molecule has 0 saturated heterocycles. The number of nitro groups is 2. The van der Waals surface area contributed by atoms with E-state index in [0.29, 0.717) is 0 Å². The number of halogens is 1. The minimum atomic E-state index is -0.663. The van der Waals surface area contributed by atoms with Gasteiger partial charge in [-0.3, -0.25) is 25.7 Å². The van der Waals surface area contributed by atoms with E-state index in [4.69, 9.17) is 0 Å². The highest BCUT2D eigenvalue weighted by Crippen LogP contribution is 2.28. The molecule has 1 rings (SSSR count). The number of hydrogen-bond donors (Lipinski definition) is 1. The molecular formula is C18H27BrN4O4. The standard InChI is InChI=1S/C18H27BrN4O4/c19-13-9-7-5-3-1-2-4-6-8-10-14-20-21-17-12-11-16(22(24)25)15-18(17)23(26)27/h11-12,14-15,21H,1-10,13H2/b20-14+. The third-order valence-electron chi connectivity index (χ3n) is 4.13. The summed E-state index contributed by atoms with van der Waals surface area (Å²) in [6.45, 7) is 0. The number of hydrazone groups is 1. The fourth-order valence-electron chi connectivity index (χ4n) is 2.63. The Morgan fingerprint density at radius 3 is 2.07 bits per heavy atom. The maximum Gasteiger partial charge on any atom is 0.301 e. The number of nitro benzene ring substituents is 2. The van der Waals surface area contributed by atoms with Gasteiger partial charge in [0, 0.05) is 17.6 Å². The van der Waals surface area contributed by atoms with Gasteiger partial charge in [-0.25, -0.2) is 0 Å². The molecule has 0 heterocycles. The first-order valence-corrected chi connectivity index (χ1v) is 10.4. The second-order valence-electron chi connectivity index (χ2n) is 6.30. The van der Waals surface area contributed by atoms with Crippen molar-refractivity contribution in [3.8, 4) is 0 Å². The Hall–Kier alpha value is -2.03. The number of rotatable bonds is 15. The smallest absolute Gasteiger partial charge is 0.272 e. The van der Waals surface area contributed by atoms with E-state index in [1.165, 1.54) is 57.1 Å². The quantitative estimate of drug-likeness (QED) is 0.114. The summed E-state index contributed by atoms with van der Waals surface area (Å²) in [7, 11) is 0. The van der Waals surface area contributed by atoms with Gasteiger partial charge >= 0.3 is 5.69 Å². The lowest BCUT2D eigenvalue weighted by molar-refractivity contribution is -0.393. The van der Waals surface area contributed by atoms with E-state index in [-0.39, 0.29) is 17.1 Å². The second kappa shape index (κ2) is 14.1. The van der Waals surface area contributed by atoms with Gasteiger partial charge in [0.2, 0.25) is 0 Å². The molecule has 0 spiro atoms. The van der Waals surface area contributed by atoms with Crippen LogP contribution in [0, 0.1) is 20.2 Å². The normalized spacial score (nSPS) is 11.0. The zero-order chi connectivity index (χ0) is 19.9. The van der Waals surface area contributed by atoms with Crippen LogP contribution in [-0.4, -0.2) is 21.4 Å². The van der Waals surface area contributed by atoms with Crippen molar-refractivity contribution in [3.05, 3.63) is 38.4 Å². The topological polar surface area (TPSA) is 111 Å². The number of hydrogen-bond acceptors (Lipinski definition) is 6. The summed E-state index contributed by atoms with van der Waals surface area (Å²) in [6, 6.07) is 3.44. The van der Waals surface area contributed by atoms with E-state index in [1.54, 1.807) is 6.21 Å². The number of non-ortho nitro benzene ring substituents is 1. The van der Waals surface area contributed by atoms with Gasteiger partial charge in [0.1, 0.15) is 5.69 Å². The molecule has 0 unspecified atom stereocenters. The van der Waals surface area contributed by atoms with Gasteiger partial charge in [-0.2, -0.15) is 5.10 Å². The first kappa shape index (κ1) is 23.0. The van der Waals surface area contributed by atoms with Gasteiger partial charge in [0.25, 0.3) is 5.69 Å². The van der Waals surface area contributed by atoms with E-state index in [1.807, 2.05) is 0 Å². The molecule has 8 nitrogen and oxygen atoms in total. The lowest BCUT2D eigenvalue weighted by Gasteiger charge is -2.02. The average molecular weight is 443 g/mol. The molecule has 0 saturated carbocycles. The molecule has 0 atom stereocenters. The van der Waals surface area contributed by atoms with Crippen LogP contribution < -0.4 is 5.43 Å².